The van der Waals surface area contributed by atoms with E-state index in [4.69, 9.17) is 14.5 Å². The highest BCUT2D eigenvalue weighted by Gasteiger charge is 2.36. The maximum absolute atomic E-state index is 14.3. The molecule has 5 aliphatic heterocycles. The summed E-state index contributed by atoms with van der Waals surface area (Å²) in [5, 5.41) is 19.3. The van der Waals surface area contributed by atoms with Crippen molar-refractivity contribution in [3.8, 4) is 11.8 Å². The number of aromatic nitrogens is 7. The summed E-state index contributed by atoms with van der Waals surface area (Å²) >= 11 is 0. The van der Waals surface area contributed by atoms with Gasteiger partial charge in [0, 0.05) is 57.4 Å². The molecule has 3 amide bonds. The second kappa shape index (κ2) is 17.4. The van der Waals surface area contributed by atoms with Crippen LogP contribution in [0.25, 0.3) is 16.6 Å². The number of halogens is 2. The molecule has 16 nitrogen and oxygen atoms in total. The third-order valence-electron chi connectivity index (χ3n) is 13.6. The standard InChI is InChI=1S/C45H51F2N11O5/c1-54-41-28(4-2-6-33(41)39(52-54)34-13-14-38(59)51-44(34)60)5-3-21-62-31-15-18-55(19-16-31)23-27-7-9-29(10-8-27)58-25-36(40(53-58)42(46)47)49-45(61)35-22-48-57-20-17-37(50-43(35)57)56-24-32-12-11-30(56)26-63-32/h2,4,6,17,20,22,25,27,29-32,34,42H,7-16,18-19,21,23-24,26H2,1H3,(H,49,61)(H,51,59,60)/t27?,29?,30-,32-,34?/m0/s1. The molecule has 2 bridgehead atoms. The Morgan fingerprint density at radius 2 is 1.86 bits per heavy atom. The zero-order chi connectivity index (χ0) is 43.2. The maximum atomic E-state index is 14.3. The normalized spacial score (nSPS) is 24.6. The smallest absolute Gasteiger partial charge is 0.284 e. The number of rotatable bonds is 10. The molecular formula is C45H51F2N11O5. The number of alkyl halides is 2. The molecule has 9 heterocycles. The molecule has 5 aromatic rings. The molecule has 0 spiro atoms. The van der Waals surface area contributed by atoms with Crippen LogP contribution < -0.4 is 15.5 Å². The van der Waals surface area contributed by atoms with Crippen LogP contribution in [0.3, 0.4) is 0 Å². The molecule has 18 heteroatoms. The van der Waals surface area contributed by atoms with E-state index in [0.717, 1.165) is 99.8 Å². The quantitative estimate of drug-likeness (QED) is 0.141. The summed E-state index contributed by atoms with van der Waals surface area (Å²) < 4.78 is 45.6. The fourth-order valence-corrected chi connectivity index (χ4v) is 10.2. The van der Waals surface area contributed by atoms with Crippen LogP contribution >= 0.6 is 0 Å². The molecule has 4 aromatic heterocycles. The van der Waals surface area contributed by atoms with Gasteiger partial charge in [-0.05, 0) is 75.8 Å². The van der Waals surface area contributed by atoms with Crippen molar-refractivity contribution >= 4 is 45.8 Å². The van der Waals surface area contributed by atoms with Crippen molar-refractivity contribution < 1.29 is 32.6 Å². The highest BCUT2D eigenvalue weighted by molar-refractivity contribution is 6.08. The first kappa shape index (κ1) is 41.3. The van der Waals surface area contributed by atoms with E-state index in [0.29, 0.717) is 43.3 Å². The van der Waals surface area contributed by atoms with E-state index in [1.165, 1.54) is 10.7 Å². The summed E-state index contributed by atoms with van der Waals surface area (Å²) in [6.45, 7) is 4.56. The fourth-order valence-electron chi connectivity index (χ4n) is 10.2. The lowest BCUT2D eigenvalue weighted by molar-refractivity contribution is -0.134. The number of anilines is 2. The van der Waals surface area contributed by atoms with Gasteiger partial charge in [0.05, 0.1) is 65.5 Å². The highest BCUT2D eigenvalue weighted by atomic mass is 19.3. The number of hydrogen-bond donors (Lipinski definition) is 2. The van der Waals surface area contributed by atoms with E-state index < -0.39 is 23.9 Å². The van der Waals surface area contributed by atoms with E-state index in [1.54, 1.807) is 21.8 Å². The summed E-state index contributed by atoms with van der Waals surface area (Å²) in [4.78, 5) is 47.3. The topological polar surface area (TPSA) is 166 Å². The van der Waals surface area contributed by atoms with Crippen molar-refractivity contribution in [1.82, 2.24) is 44.4 Å². The predicted octanol–water partition coefficient (Wildman–Crippen LogP) is 5.15. The monoisotopic (exact) mass is 863 g/mol. The van der Waals surface area contributed by atoms with Gasteiger partial charge in [0.2, 0.25) is 11.8 Å². The van der Waals surface area contributed by atoms with Crippen molar-refractivity contribution in [2.75, 3.05) is 49.6 Å². The van der Waals surface area contributed by atoms with Gasteiger partial charge in [0.1, 0.15) is 18.0 Å². The fraction of sp³-hybridized carbons (Fsp3) is 0.533. The number of hydrogen-bond acceptors (Lipinski definition) is 11. The highest BCUT2D eigenvalue weighted by Crippen LogP contribution is 2.37. The van der Waals surface area contributed by atoms with Gasteiger partial charge in [0.25, 0.3) is 12.3 Å². The van der Waals surface area contributed by atoms with Crippen molar-refractivity contribution in [3.63, 3.8) is 0 Å². The van der Waals surface area contributed by atoms with Crippen molar-refractivity contribution in [3.05, 3.63) is 65.4 Å². The Kier molecular flexibility index (Phi) is 11.4. The van der Waals surface area contributed by atoms with E-state index >= 15 is 0 Å². The zero-order valence-corrected chi connectivity index (χ0v) is 35.2. The number of amides is 3. The number of para-hydroxylation sites is 1. The minimum atomic E-state index is -2.86. The first-order chi connectivity index (χ1) is 30.6. The molecule has 0 radical (unpaired) electrons. The molecule has 6 aliphatic rings. The van der Waals surface area contributed by atoms with Crippen LogP contribution in [0, 0.1) is 17.8 Å². The summed E-state index contributed by atoms with van der Waals surface area (Å²) in [5.41, 5.74) is 2.45. The molecule has 5 saturated heterocycles. The molecule has 6 fully saturated rings. The molecule has 3 atom stereocenters. The summed E-state index contributed by atoms with van der Waals surface area (Å²) in [5.74, 6) is 6.08. The molecule has 11 rings (SSSR count). The van der Waals surface area contributed by atoms with E-state index in [1.807, 2.05) is 31.3 Å². The van der Waals surface area contributed by atoms with Crippen LogP contribution in [-0.4, -0.2) is 114 Å². The third-order valence-corrected chi connectivity index (χ3v) is 13.6. The number of benzene rings is 1. The lowest BCUT2D eigenvalue weighted by Gasteiger charge is -2.45. The van der Waals surface area contributed by atoms with Gasteiger partial charge in [-0.25, -0.2) is 18.3 Å². The SMILES string of the molecule is Cn1nc(C2CCC(=O)NC2=O)c2cccc(C#CCOC3CCN(CC4CCC(n5cc(NC(=O)c6cnn7ccc(N8C[C@@H]9CC[C@H]8CO9)nc67)c(C(F)F)n5)CC4)CC3)c21. The lowest BCUT2D eigenvalue weighted by Crippen LogP contribution is -2.54. The van der Waals surface area contributed by atoms with Crippen LogP contribution in [-0.2, 0) is 26.1 Å². The predicted molar refractivity (Wildman–Crippen MR) is 227 cm³/mol. The number of nitrogens with zero attached hydrogens (tertiary/aromatic N) is 9. The van der Waals surface area contributed by atoms with Gasteiger partial charge in [-0.1, -0.05) is 24.0 Å². The van der Waals surface area contributed by atoms with Crippen LogP contribution in [0.5, 0.6) is 0 Å². The van der Waals surface area contributed by atoms with Crippen molar-refractivity contribution in [2.45, 2.75) is 101 Å². The Morgan fingerprint density at radius 3 is 2.60 bits per heavy atom. The molecule has 1 aliphatic carbocycles. The number of imide groups is 1. The van der Waals surface area contributed by atoms with Gasteiger partial charge in [0.15, 0.2) is 11.3 Å². The maximum Gasteiger partial charge on any atom is 0.284 e. The lowest BCUT2D eigenvalue weighted by atomic mass is 9.85. The Balaban J connectivity index is 0.696. The van der Waals surface area contributed by atoms with E-state index in [9.17, 15) is 23.2 Å². The van der Waals surface area contributed by atoms with Gasteiger partial charge >= 0.3 is 0 Å². The number of piperidine rings is 3. The first-order valence-corrected chi connectivity index (χ1v) is 22.2. The molecule has 63 heavy (non-hydrogen) atoms. The van der Waals surface area contributed by atoms with Gasteiger partial charge in [-0.15, -0.1) is 0 Å². The van der Waals surface area contributed by atoms with E-state index in [2.05, 4.69) is 47.6 Å². The molecule has 1 unspecified atom stereocenters. The molecule has 2 N–H and O–H groups in total. The van der Waals surface area contributed by atoms with Crippen molar-refractivity contribution in [1.29, 1.82) is 0 Å². The number of likely N-dealkylation sites (tertiary alicyclic amines) is 1. The number of carbonyl (C=O) groups is 3. The number of aryl methyl sites for hydroxylation is 1. The average molecular weight is 864 g/mol. The number of morpholine rings is 1. The Hall–Kier alpha value is -5.77. The summed E-state index contributed by atoms with van der Waals surface area (Å²) in [6, 6.07) is 7.87. The largest absolute Gasteiger partial charge is 0.374 e. The third kappa shape index (κ3) is 8.41. The van der Waals surface area contributed by atoms with Crippen LogP contribution in [0.2, 0.25) is 0 Å². The second-order valence-corrected chi connectivity index (χ2v) is 17.6. The van der Waals surface area contributed by atoms with Gasteiger partial charge in [-0.2, -0.15) is 15.3 Å². The zero-order valence-electron chi connectivity index (χ0n) is 35.2. The number of carbonyl (C=O) groups excluding carboxylic acids is 3. The van der Waals surface area contributed by atoms with Crippen LogP contribution in [0.4, 0.5) is 20.3 Å². The Morgan fingerprint density at radius 1 is 1.03 bits per heavy atom. The number of nitrogens with one attached hydrogen (secondary N) is 2. The van der Waals surface area contributed by atoms with Crippen LogP contribution in [0.15, 0.2) is 42.9 Å². The minimum Gasteiger partial charge on any atom is -0.374 e. The summed E-state index contributed by atoms with van der Waals surface area (Å²) in [7, 11) is 1.84. The first-order valence-electron chi connectivity index (χ1n) is 22.2. The van der Waals surface area contributed by atoms with E-state index in [-0.39, 0.29) is 47.4 Å². The van der Waals surface area contributed by atoms with Gasteiger partial charge in [-0.3, -0.25) is 29.1 Å². The number of ether oxygens (including phenoxy) is 2. The Labute approximate surface area is 362 Å². The van der Waals surface area contributed by atoms with Crippen molar-refractivity contribution in [2.24, 2.45) is 13.0 Å². The van der Waals surface area contributed by atoms with Crippen LogP contribution in [0.1, 0.15) is 110 Å². The molecule has 1 saturated carbocycles. The average Bonchev–Trinajstić information content (AvgIpc) is 4.02. The molecule has 1 aromatic carbocycles. The Bertz CT molecular complexity index is 2590. The minimum absolute atomic E-state index is 0.000544. The molecule has 330 valence electrons. The number of fused-ring (bicyclic) bond motifs is 5. The van der Waals surface area contributed by atoms with Gasteiger partial charge < -0.3 is 24.6 Å². The summed E-state index contributed by atoms with van der Waals surface area (Å²) in [6.07, 6.45) is 10.3. The molecular weight excluding hydrogens is 813 g/mol. The second-order valence-electron chi connectivity index (χ2n) is 17.6.